The number of primary amides is 1. The maximum atomic E-state index is 13.3. The fraction of sp³-hybridized carbons (Fsp3) is 0.344. The molecule has 1 amide bonds. The minimum Gasteiger partial charge on any atom is -0.494 e. The molecular weight excluding hydrogens is 550 g/mol. The van der Waals surface area contributed by atoms with Gasteiger partial charge in [0, 0.05) is 50.0 Å². The second-order valence-corrected chi connectivity index (χ2v) is 12.5. The van der Waals surface area contributed by atoms with Gasteiger partial charge in [0.2, 0.25) is 5.91 Å². The normalized spacial score (nSPS) is 15.1. The molecule has 0 unspecified atom stereocenters. The van der Waals surface area contributed by atoms with Crippen LogP contribution in [-0.4, -0.2) is 68.6 Å². The van der Waals surface area contributed by atoms with E-state index in [0.717, 1.165) is 68.0 Å². The first-order chi connectivity index (χ1) is 20.3. The standard InChI is InChI=1S/C32H39N5O4S/c1-25(32(33)38)34-24-26-12-14-27(15-13-26)41-23-6-5-17-35-19-21-36(22-20-35)30-10-7-11-31-29(30)16-18-37(31)42(39,40)28-8-3-2-4-9-28/h2-4,7-16,18,25,34H,5-6,17,19-24H2,1H3,(H2,33,38)/t25-/m0/s1. The van der Waals surface area contributed by atoms with E-state index in [9.17, 15) is 13.2 Å². The number of benzene rings is 3. The van der Waals surface area contributed by atoms with Gasteiger partial charge in [-0.25, -0.2) is 12.4 Å². The Morgan fingerprint density at radius 1 is 0.929 bits per heavy atom. The fourth-order valence-corrected chi connectivity index (χ4v) is 6.60. The summed E-state index contributed by atoms with van der Waals surface area (Å²) >= 11 is 0. The zero-order valence-corrected chi connectivity index (χ0v) is 24.8. The second-order valence-electron chi connectivity index (χ2n) is 10.7. The van der Waals surface area contributed by atoms with Gasteiger partial charge in [-0.1, -0.05) is 36.4 Å². The van der Waals surface area contributed by atoms with Gasteiger partial charge >= 0.3 is 0 Å². The predicted octanol–water partition coefficient (Wildman–Crippen LogP) is 3.82. The highest BCUT2D eigenvalue weighted by Gasteiger charge is 2.22. The lowest BCUT2D eigenvalue weighted by Gasteiger charge is -2.36. The third-order valence-electron chi connectivity index (χ3n) is 7.79. The molecule has 42 heavy (non-hydrogen) atoms. The van der Waals surface area contributed by atoms with Crippen LogP contribution in [0, 0.1) is 0 Å². The van der Waals surface area contributed by atoms with E-state index in [1.165, 1.54) is 3.97 Å². The number of ether oxygens (including phenoxy) is 1. The first-order valence-corrected chi connectivity index (χ1v) is 15.9. The molecule has 1 atom stereocenters. The molecular formula is C32H39N5O4S. The van der Waals surface area contributed by atoms with Crippen molar-refractivity contribution in [2.75, 3.05) is 44.2 Å². The number of carbonyl (C=O) groups is 1. The molecule has 1 aliphatic heterocycles. The fourth-order valence-electron chi connectivity index (χ4n) is 5.23. The molecule has 1 aliphatic rings. The molecule has 222 valence electrons. The average molecular weight is 590 g/mol. The lowest BCUT2D eigenvalue weighted by atomic mass is 10.1. The highest BCUT2D eigenvalue weighted by Crippen LogP contribution is 2.31. The van der Waals surface area contributed by atoms with Gasteiger partial charge in [0.25, 0.3) is 10.0 Å². The molecule has 0 radical (unpaired) electrons. The number of hydrogen-bond acceptors (Lipinski definition) is 7. The number of nitrogens with zero attached hydrogens (tertiary/aromatic N) is 3. The Morgan fingerprint density at radius 2 is 1.67 bits per heavy atom. The molecule has 3 N–H and O–H groups in total. The van der Waals surface area contributed by atoms with Crippen molar-refractivity contribution in [3.8, 4) is 5.75 Å². The average Bonchev–Trinajstić information content (AvgIpc) is 3.46. The molecule has 9 nitrogen and oxygen atoms in total. The first kappa shape index (κ1) is 29.6. The van der Waals surface area contributed by atoms with E-state index in [1.54, 1.807) is 37.4 Å². The van der Waals surface area contributed by atoms with E-state index < -0.39 is 10.0 Å². The lowest BCUT2D eigenvalue weighted by molar-refractivity contribution is -0.119. The van der Waals surface area contributed by atoms with E-state index in [0.29, 0.717) is 18.7 Å². The molecule has 0 spiro atoms. The summed E-state index contributed by atoms with van der Waals surface area (Å²) in [4.78, 5) is 16.3. The summed E-state index contributed by atoms with van der Waals surface area (Å²) in [5, 5.41) is 4.05. The highest BCUT2D eigenvalue weighted by atomic mass is 32.2. The molecule has 10 heteroatoms. The SMILES string of the molecule is C[C@H](NCc1ccc(OCCCCN2CCN(c3cccc4c3ccn4S(=O)(=O)c3ccccc3)CC2)cc1)C(N)=O. The van der Waals surface area contributed by atoms with Crippen LogP contribution in [-0.2, 0) is 21.4 Å². The van der Waals surface area contributed by atoms with Gasteiger partial charge in [0.1, 0.15) is 5.75 Å². The molecule has 0 aliphatic carbocycles. The molecule has 1 aromatic heterocycles. The maximum absolute atomic E-state index is 13.3. The summed E-state index contributed by atoms with van der Waals surface area (Å²) in [5.74, 6) is 0.481. The van der Waals surface area contributed by atoms with Gasteiger partial charge in [-0.3, -0.25) is 9.69 Å². The van der Waals surface area contributed by atoms with Crippen molar-refractivity contribution in [2.45, 2.75) is 37.2 Å². The molecule has 2 heterocycles. The summed E-state index contributed by atoms with van der Waals surface area (Å²) in [6.07, 6.45) is 3.69. The quantitative estimate of drug-likeness (QED) is 0.228. The number of aromatic nitrogens is 1. The molecule has 0 bridgehead atoms. The molecule has 1 saturated heterocycles. The van der Waals surface area contributed by atoms with Crippen LogP contribution in [0.2, 0.25) is 0 Å². The zero-order valence-electron chi connectivity index (χ0n) is 24.0. The Labute approximate surface area is 247 Å². The molecule has 1 fully saturated rings. The largest absolute Gasteiger partial charge is 0.494 e. The summed E-state index contributed by atoms with van der Waals surface area (Å²) in [7, 11) is -3.66. The van der Waals surface area contributed by atoms with Crippen LogP contribution in [0.5, 0.6) is 5.75 Å². The van der Waals surface area contributed by atoms with Crippen molar-refractivity contribution >= 4 is 32.5 Å². The smallest absolute Gasteiger partial charge is 0.268 e. The van der Waals surface area contributed by atoms with Crippen LogP contribution in [0.3, 0.4) is 0 Å². The summed E-state index contributed by atoms with van der Waals surface area (Å²) < 4.78 is 33.8. The van der Waals surface area contributed by atoms with Crippen LogP contribution < -0.4 is 20.7 Å². The number of nitrogens with one attached hydrogen (secondary N) is 1. The topological polar surface area (TPSA) is 110 Å². The number of nitrogens with two attached hydrogens (primary N) is 1. The zero-order chi connectivity index (χ0) is 29.5. The van der Waals surface area contributed by atoms with Gasteiger partial charge in [0.05, 0.1) is 23.1 Å². The summed E-state index contributed by atoms with van der Waals surface area (Å²) in [6, 6.07) is 23.9. The van der Waals surface area contributed by atoms with Crippen LogP contribution in [0.4, 0.5) is 5.69 Å². The van der Waals surface area contributed by atoms with Crippen molar-refractivity contribution in [1.82, 2.24) is 14.2 Å². The molecule has 5 rings (SSSR count). The Hall–Kier alpha value is -3.86. The van der Waals surface area contributed by atoms with Crippen molar-refractivity contribution < 1.29 is 17.9 Å². The predicted molar refractivity (Wildman–Crippen MR) is 166 cm³/mol. The van der Waals surface area contributed by atoms with E-state index in [1.807, 2.05) is 48.5 Å². The molecule has 3 aromatic carbocycles. The Kier molecular flexibility index (Phi) is 9.46. The van der Waals surface area contributed by atoms with Gasteiger partial charge in [-0.15, -0.1) is 0 Å². The van der Waals surface area contributed by atoms with Crippen molar-refractivity contribution in [2.24, 2.45) is 5.73 Å². The van der Waals surface area contributed by atoms with Gasteiger partial charge in [-0.05, 0) is 74.3 Å². The van der Waals surface area contributed by atoms with Crippen LogP contribution in [0.25, 0.3) is 10.9 Å². The van der Waals surface area contributed by atoms with Gasteiger partial charge < -0.3 is 20.7 Å². The Bertz CT molecular complexity index is 1580. The second kappa shape index (κ2) is 13.4. The van der Waals surface area contributed by atoms with E-state index in [4.69, 9.17) is 10.5 Å². The number of amides is 1. The third-order valence-corrected chi connectivity index (χ3v) is 9.49. The van der Waals surface area contributed by atoms with Crippen LogP contribution >= 0.6 is 0 Å². The first-order valence-electron chi connectivity index (χ1n) is 14.5. The number of carbonyl (C=O) groups excluding carboxylic acids is 1. The highest BCUT2D eigenvalue weighted by molar-refractivity contribution is 7.90. The Morgan fingerprint density at radius 3 is 2.38 bits per heavy atom. The van der Waals surface area contributed by atoms with Crippen molar-refractivity contribution in [3.63, 3.8) is 0 Å². The number of hydrogen-bond donors (Lipinski definition) is 2. The van der Waals surface area contributed by atoms with E-state index >= 15 is 0 Å². The lowest BCUT2D eigenvalue weighted by Crippen LogP contribution is -2.46. The summed E-state index contributed by atoms with van der Waals surface area (Å²) in [6.45, 7) is 7.74. The van der Waals surface area contributed by atoms with Gasteiger partial charge in [-0.2, -0.15) is 0 Å². The van der Waals surface area contributed by atoms with Crippen molar-refractivity contribution in [1.29, 1.82) is 0 Å². The summed E-state index contributed by atoms with van der Waals surface area (Å²) in [5.41, 5.74) is 8.13. The van der Waals surface area contributed by atoms with Crippen LogP contribution in [0.1, 0.15) is 25.3 Å². The molecule has 4 aromatic rings. The number of unbranched alkanes of at least 4 members (excludes halogenated alkanes) is 1. The number of rotatable bonds is 13. The number of anilines is 1. The van der Waals surface area contributed by atoms with E-state index in [2.05, 4.69) is 21.2 Å². The monoisotopic (exact) mass is 589 g/mol. The maximum Gasteiger partial charge on any atom is 0.268 e. The van der Waals surface area contributed by atoms with E-state index in [-0.39, 0.29) is 16.8 Å². The Balaban J connectivity index is 1.07. The third kappa shape index (κ3) is 6.95. The minimum atomic E-state index is -3.66. The minimum absolute atomic E-state index is 0.283. The van der Waals surface area contributed by atoms with Gasteiger partial charge in [0.15, 0.2) is 0 Å². The number of fused-ring (bicyclic) bond motifs is 1. The molecule has 0 saturated carbocycles. The number of piperazine rings is 1. The van der Waals surface area contributed by atoms with Crippen molar-refractivity contribution in [3.05, 3.63) is 90.6 Å². The van der Waals surface area contributed by atoms with Crippen LogP contribution in [0.15, 0.2) is 90.0 Å².